The van der Waals surface area contributed by atoms with Gasteiger partial charge in [0.2, 0.25) is 0 Å². The van der Waals surface area contributed by atoms with Crippen LogP contribution in [0.4, 0.5) is 13.2 Å². The lowest BCUT2D eigenvalue weighted by Crippen LogP contribution is -1.97. The van der Waals surface area contributed by atoms with Crippen molar-refractivity contribution in [2.75, 3.05) is 0 Å². The van der Waals surface area contributed by atoms with Gasteiger partial charge in [-0.05, 0) is 28.3 Å². The van der Waals surface area contributed by atoms with Gasteiger partial charge in [0.25, 0.3) is 0 Å². The van der Waals surface area contributed by atoms with Gasteiger partial charge in [-0.25, -0.2) is 13.2 Å². The third kappa shape index (κ3) is 2.29. The zero-order valence-electron chi connectivity index (χ0n) is 7.49. The van der Waals surface area contributed by atoms with E-state index in [-0.39, 0.29) is 5.56 Å². The average Bonchev–Trinajstić information content (AvgIpc) is 2.26. The predicted molar refractivity (Wildman–Crippen MR) is 53.5 cm³/mol. The van der Waals surface area contributed by atoms with E-state index in [9.17, 15) is 13.2 Å². The molecule has 0 saturated heterocycles. The smallest absolute Gasteiger partial charge is 0.115 e. The molecule has 14 heavy (non-hydrogen) atoms. The predicted octanol–water partition coefficient (Wildman–Crippen LogP) is 3.99. The molecule has 1 aromatic rings. The SMILES string of the molecule is FCc1cc(CF)c(CBr)cc1CF. The maximum atomic E-state index is 12.5. The van der Waals surface area contributed by atoms with E-state index in [0.29, 0.717) is 22.0 Å². The zero-order chi connectivity index (χ0) is 10.6. The maximum absolute atomic E-state index is 12.5. The minimum Gasteiger partial charge on any atom is -0.246 e. The Morgan fingerprint density at radius 1 is 0.786 bits per heavy atom. The number of benzene rings is 1. The van der Waals surface area contributed by atoms with E-state index in [0.717, 1.165) is 0 Å². The Kier molecular flexibility index (Phi) is 4.45. The molecule has 0 radical (unpaired) electrons. The summed E-state index contributed by atoms with van der Waals surface area (Å²) in [5, 5.41) is 0.450. The highest BCUT2D eigenvalue weighted by Crippen LogP contribution is 2.22. The van der Waals surface area contributed by atoms with Crippen LogP contribution in [0.25, 0.3) is 0 Å². The molecule has 0 aliphatic heterocycles. The van der Waals surface area contributed by atoms with Crippen LogP contribution in [0.15, 0.2) is 12.1 Å². The molecule has 0 heterocycles. The van der Waals surface area contributed by atoms with Crippen LogP contribution in [-0.2, 0) is 25.4 Å². The van der Waals surface area contributed by atoms with Gasteiger partial charge in [0.1, 0.15) is 20.0 Å². The second-order valence-electron chi connectivity index (χ2n) is 2.92. The molecule has 1 aromatic carbocycles. The molecule has 0 amide bonds. The van der Waals surface area contributed by atoms with Crippen molar-refractivity contribution >= 4 is 15.9 Å². The molecule has 0 fully saturated rings. The van der Waals surface area contributed by atoms with E-state index in [1.807, 2.05) is 0 Å². The van der Waals surface area contributed by atoms with Gasteiger partial charge >= 0.3 is 0 Å². The van der Waals surface area contributed by atoms with Crippen LogP contribution in [0.1, 0.15) is 22.3 Å². The Hall–Kier alpha value is -0.510. The summed E-state index contributed by atoms with van der Waals surface area (Å²) < 4.78 is 37.4. The summed E-state index contributed by atoms with van der Waals surface area (Å²) in [4.78, 5) is 0. The monoisotopic (exact) mass is 266 g/mol. The lowest BCUT2D eigenvalue weighted by Gasteiger charge is -2.09. The largest absolute Gasteiger partial charge is 0.246 e. The summed E-state index contributed by atoms with van der Waals surface area (Å²) in [6, 6.07) is 2.91. The summed E-state index contributed by atoms with van der Waals surface area (Å²) in [5.74, 6) is 0. The minimum absolute atomic E-state index is 0.241. The van der Waals surface area contributed by atoms with Crippen LogP contribution < -0.4 is 0 Å². The molecule has 0 unspecified atom stereocenters. The van der Waals surface area contributed by atoms with Crippen molar-refractivity contribution < 1.29 is 13.2 Å². The number of halogens is 4. The Morgan fingerprint density at radius 2 is 1.14 bits per heavy atom. The molecule has 0 saturated carbocycles. The minimum atomic E-state index is -0.755. The highest BCUT2D eigenvalue weighted by Gasteiger charge is 2.08. The standard InChI is InChI=1S/C10H10BrF3/c11-3-7-1-9(5-13)10(6-14)2-8(7)4-12/h1-2H,3-6H2. The highest BCUT2D eigenvalue weighted by molar-refractivity contribution is 9.08. The number of alkyl halides is 4. The summed E-state index contributed by atoms with van der Waals surface area (Å²) in [7, 11) is 0. The van der Waals surface area contributed by atoms with Gasteiger partial charge in [-0.15, -0.1) is 0 Å². The number of rotatable bonds is 4. The normalized spacial score (nSPS) is 10.6. The maximum Gasteiger partial charge on any atom is 0.115 e. The van der Waals surface area contributed by atoms with Crippen molar-refractivity contribution in [3.05, 3.63) is 34.4 Å². The number of hydrogen-bond acceptors (Lipinski definition) is 0. The van der Waals surface area contributed by atoms with Crippen LogP contribution in [0.3, 0.4) is 0 Å². The van der Waals surface area contributed by atoms with Crippen LogP contribution in [0.2, 0.25) is 0 Å². The van der Waals surface area contributed by atoms with Gasteiger partial charge in [0, 0.05) is 5.33 Å². The third-order valence-corrected chi connectivity index (χ3v) is 2.70. The fraction of sp³-hybridized carbons (Fsp3) is 0.400. The molecule has 0 N–H and O–H groups in total. The molecule has 0 nitrogen and oxygen atoms in total. The fourth-order valence-electron chi connectivity index (χ4n) is 1.29. The van der Waals surface area contributed by atoms with Gasteiger partial charge in [0.05, 0.1) is 0 Å². The Morgan fingerprint density at radius 3 is 1.50 bits per heavy atom. The molecule has 0 atom stereocenters. The van der Waals surface area contributed by atoms with Gasteiger partial charge in [-0.3, -0.25) is 0 Å². The quantitative estimate of drug-likeness (QED) is 0.723. The first-order valence-corrected chi connectivity index (χ1v) is 5.26. The van der Waals surface area contributed by atoms with E-state index in [2.05, 4.69) is 15.9 Å². The Bertz CT molecular complexity index is 254. The first kappa shape index (κ1) is 11.6. The van der Waals surface area contributed by atoms with E-state index >= 15 is 0 Å². The second-order valence-corrected chi connectivity index (χ2v) is 3.48. The lowest BCUT2D eigenvalue weighted by atomic mass is 10.0. The summed E-state index contributed by atoms with van der Waals surface area (Å²) in [6.45, 7) is -2.12. The average molecular weight is 267 g/mol. The van der Waals surface area contributed by atoms with Crippen molar-refractivity contribution in [3.8, 4) is 0 Å². The highest BCUT2D eigenvalue weighted by atomic mass is 79.9. The molecule has 0 aromatic heterocycles. The molecule has 1 rings (SSSR count). The third-order valence-electron chi connectivity index (χ3n) is 2.10. The topological polar surface area (TPSA) is 0 Å². The van der Waals surface area contributed by atoms with Crippen molar-refractivity contribution in [1.29, 1.82) is 0 Å². The molecular formula is C10H10BrF3. The van der Waals surface area contributed by atoms with Gasteiger partial charge in [0.15, 0.2) is 0 Å². The molecule has 0 aliphatic carbocycles. The first-order valence-electron chi connectivity index (χ1n) is 4.14. The first-order chi connectivity index (χ1) is 6.76. The van der Waals surface area contributed by atoms with Crippen molar-refractivity contribution in [3.63, 3.8) is 0 Å². The Balaban J connectivity index is 3.20. The van der Waals surface area contributed by atoms with E-state index in [1.54, 1.807) is 0 Å². The summed E-state index contributed by atoms with van der Waals surface area (Å²) in [5.41, 5.74) is 1.65. The molecule has 4 heteroatoms. The van der Waals surface area contributed by atoms with Crippen molar-refractivity contribution in [2.45, 2.75) is 25.4 Å². The van der Waals surface area contributed by atoms with E-state index < -0.39 is 20.0 Å². The molecule has 78 valence electrons. The van der Waals surface area contributed by atoms with Crippen LogP contribution >= 0.6 is 15.9 Å². The molecular weight excluding hydrogens is 257 g/mol. The summed E-state index contributed by atoms with van der Waals surface area (Å²) >= 11 is 3.18. The van der Waals surface area contributed by atoms with Crippen LogP contribution in [0, 0.1) is 0 Å². The van der Waals surface area contributed by atoms with E-state index in [4.69, 9.17) is 0 Å². The van der Waals surface area contributed by atoms with Crippen molar-refractivity contribution in [2.24, 2.45) is 0 Å². The van der Waals surface area contributed by atoms with Crippen molar-refractivity contribution in [1.82, 2.24) is 0 Å². The van der Waals surface area contributed by atoms with Gasteiger partial charge in [-0.2, -0.15) is 0 Å². The number of hydrogen-bond donors (Lipinski definition) is 0. The van der Waals surface area contributed by atoms with Gasteiger partial charge < -0.3 is 0 Å². The Labute approximate surface area is 89.3 Å². The molecule has 0 bridgehead atoms. The van der Waals surface area contributed by atoms with Crippen LogP contribution in [-0.4, -0.2) is 0 Å². The van der Waals surface area contributed by atoms with E-state index in [1.165, 1.54) is 12.1 Å². The van der Waals surface area contributed by atoms with Crippen LogP contribution in [0.5, 0.6) is 0 Å². The second kappa shape index (κ2) is 5.39. The van der Waals surface area contributed by atoms with Gasteiger partial charge in [-0.1, -0.05) is 22.0 Å². The lowest BCUT2D eigenvalue weighted by molar-refractivity contribution is 0.450. The molecule has 0 spiro atoms. The fourth-order valence-corrected chi connectivity index (χ4v) is 1.81. The zero-order valence-corrected chi connectivity index (χ0v) is 9.08. The summed E-state index contributed by atoms with van der Waals surface area (Å²) in [6.07, 6.45) is 0. The molecule has 0 aliphatic rings.